The van der Waals surface area contributed by atoms with Gasteiger partial charge in [0.05, 0.1) is 5.69 Å². The first-order valence-corrected chi connectivity index (χ1v) is 6.67. The van der Waals surface area contributed by atoms with Crippen molar-refractivity contribution in [3.8, 4) is 0 Å². The quantitative estimate of drug-likeness (QED) is 0.938. The molecule has 2 rings (SSSR count). The van der Waals surface area contributed by atoms with Gasteiger partial charge in [0.2, 0.25) is 0 Å². The molecule has 94 valence electrons. The van der Waals surface area contributed by atoms with Gasteiger partial charge in [-0.3, -0.25) is 4.79 Å². The normalized spacial score (nSPS) is 10.3. The Morgan fingerprint density at radius 1 is 1.39 bits per heavy atom. The zero-order chi connectivity index (χ0) is 13.1. The fraction of sp³-hybridized carbons (Fsp3) is 0.154. The second-order valence-corrected chi connectivity index (χ2v) is 5.28. The van der Waals surface area contributed by atoms with Gasteiger partial charge in [0.25, 0.3) is 5.91 Å². The first-order valence-electron chi connectivity index (χ1n) is 5.41. The van der Waals surface area contributed by atoms with E-state index in [1.54, 1.807) is 18.0 Å². The van der Waals surface area contributed by atoms with Crippen LogP contribution in [0.4, 0.5) is 5.69 Å². The summed E-state index contributed by atoms with van der Waals surface area (Å²) in [7, 11) is 1.74. The first kappa shape index (κ1) is 12.9. The minimum Gasteiger partial charge on any atom is -0.397 e. The van der Waals surface area contributed by atoms with E-state index in [1.807, 2.05) is 29.6 Å². The van der Waals surface area contributed by atoms with Gasteiger partial charge in [-0.2, -0.15) is 0 Å². The molecule has 0 fully saturated rings. The van der Waals surface area contributed by atoms with Crippen molar-refractivity contribution < 1.29 is 4.79 Å². The van der Waals surface area contributed by atoms with Gasteiger partial charge in [-0.1, -0.05) is 29.8 Å². The summed E-state index contributed by atoms with van der Waals surface area (Å²) in [5.41, 5.74) is 7.18. The summed E-state index contributed by atoms with van der Waals surface area (Å²) in [5, 5.41) is 2.47. The number of carbonyl (C=O) groups is 1. The van der Waals surface area contributed by atoms with Crippen molar-refractivity contribution in [2.24, 2.45) is 0 Å². The van der Waals surface area contributed by atoms with Crippen LogP contribution < -0.4 is 5.73 Å². The Kier molecular flexibility index (Phi) is 3.89. The minimum absolute atomic E-state index is 0.0811. The lowest BCUT2D eigenvalue weighted by Gasteiger charge is -2.17. The minimum atomic E-state index is -0.0811. The van der Waals surface area contributed by atoms with Crippen LogP contribution >= 0.6 is 22.9 Å². The van der Waals surface area contributed by atoms with Gasteiger partial charge in [-0.05, 0) is 23.1 Å². The summed E-state index contributed by atoms with van der Waals surface area (Å²) in [5.74, 6) is -0.0811. The van der Waals surface area contributed by atoms with E-state index in [0.717, 1.165) is 5.56 Å². The lowest BCUT2D eigenvalue weighted by atomic mass is 10.2. The van der Waals surface area contributed by atoms with E-state index in [4.69, 9.17) is 17.3 Å². The Morgan fingerprint density at radius 2 is 2.11 bits per heavy atom. The molecule has 0 aliphatic heterocycles. The van der Waals surface area contributed by atoms with Crippen molar-refractivity contribution in [1.29, 1.82) is 0 Å². The first-order chi connectivity index (χ1) is 8.59. The molecule has 3 nitrogen and oxygen atoms in total. The molecule has 1 aromatic carbocycles. The third-order valence-corrected chi connectivity index (χ3v) is 3.89. The highest BCUT2D eigenvalue weighted by Crippen LogP contribution is 2.22. The molecule has 2 N–H and O–H groups in total. The fourth-order valence-corrected chi connectivity index (χ4v) is 2.63. The highest BCUT2D eigenvalue weighted by Gasteiger charge is 2.16. The smallest absolute Gasteiger partial charge is 0.266 e. The van der Waals surface area contributed by atoms with Crippen molar-refractivity contribution >= 4 is 34.5 Å². The van der Waals surface area contributed by atoms with Crippen molar-refractivity contribution in [1.82, 2.24) is 4.90 Å². The Morgan fingerprint density at radius 3 is 2.72 bits per heavy atom. The number of anilines is 1. The van der Waals surface area contributed by atoms with Crippen LogP contribution in [-0.4, -0.2) is 17.9 Å². The number of nitrogens with zero attached hydrogens (tertiary/aromatic N) is 1. The monoisotopic (exact) mass is 280 g/mol. The summed E-state index contributed by atoms with van der Waals surface area (Å²) in [4.78, 5) is 14.3. The molecule has 1 aromatic heterocycles. The predicted octanol–water partition coefficient (Wildman–Crippen LogP) is 3.26. The Hall–Kier alpha value is -1.52. The number of nitrogen functional groups attached to an aromatic ring is 1. The molecule has 0 aliphatic rings. The summed E-state index contributed by atoms with van der Waals surface area (Å²) in [6.45, 7) is 0.468. The summed E-state index contributed by atoms with van der Waals surface area (Å²) in [6, 6.07) is 9.23. The number of halogens is 1. The Balaban J connectivity index is 2.14. The van der Waals surface area contributed by atoms with Crippen molar-refractivity contribution in [3.63, 3.8) is 0 Å². The molecule has 2 aromatic rings. The van der Waals surface area contributed by atoms with E-state index in [1.165, 1.54) is 11.3 Å². The SMILES string of the molecule is CN(Cc1ccccc1Cl)C(=O)c1sccc1N. The van der Waals surface area contributed by atoms with Crippen LogP contribution in [0.3, 0.4) is 0 Å². The zero-order valence-corrected chi connectivity index (χ0v) is 11.5. The summed E-state index contributed by atoms with van der Waals surface area (Å²) >= 11 is 7.42. The molecular formula is C13H13ClN2OS. The highest BCUT2D eigenvalue weighted by atomic mass is 35.5. The number of thiophene rings is 1. The molecule has 1 amide bonds. The summed E-state index contributed by atoms with van der Waals surface area (Å²) < 4.78 is 0. The Bertz CT molecular complexity index is 568. The topological polar surface area (TPSA) is 46.3 Å². The van der Waals surface area contributed by atoms with E-state index in [0.29, 0.717) is 22.1 Å². The van der Waals surface area contributed by atoms with E-state index in [2.05, 4.69) is 0 Å². The van der Waals surface area contributed by atoms with Gasteiger partial charge in [0.1, 0.15) is 4.88 Å². The second kappa shape index (κ2) is 5.42. The second-order valence-electron chi connectivity index (χ2n) is 3.96. The molecule has 0 saturated heterocycles. The zero-order valence-electron chi connectivity index (χ0n) is 9.89. The third kappa shape index (κ3) is 2.66. The van der Waals surface area contributed by atoms with Crippen molar-refractivity contribution in [2.75, 3.05) is 12.8 Å². The van der Waals surface area contributed by atoms with E-state index < -0.39 is 0 Å². The van der Waals surface area contributed by atoms with Crippen LogP contribution in [0.2, 0.25) is 5.02 Å². The number of rotatable bonds is 3. The lowest BCUT2D eigenvalue weighted by molar-refractivity contribution is 0.0791. The molecule has 0 radical (unpaired) electrons. The van der Waals surface area contributed by atoms with E-state index in [9.17, 15) is 4.79 Å². The van der Waals surface area contributed by atoms with Gasteiger partial charge in [-0.15, -0.1) is 11.3 Å². The van der Waals surface area contributed by atoms with E-state index >= 15 is 0 Å². The lowest BCUT2D eigenvalue weighted by Crippen LogP contribution is -2.26. The number of benzene rings is 1. The fourth-order valence-electron chi connectivity index (χ4n) is 1.62. The largest absolute Gasteiger partial charge is 0.397 e. The molecule has 0 unspecified atom stereocenters. The third-order valence-electron chi connectivity index (χ3n) is 2.60. The van der Waals surface area contributed by atoms with Crippen LogP contribution in [0, 0.1) is 0 Å². The molecule has 18 heavy (non-hydrogen) atoms. The molecule has 0 atom stereocenters. The number of carbonyl (C=O) groups excluding carboxylic acids is 1. The van der Waals surface area contributed by atoms with Crippen molar-refractivity contribution in [3.05, 3.63) is 51.2 Å². The predicted molar refractivity (Wildman–Crippen MR) is 76.0 cm³/mol. The number of hydrogen-bond donors (Lipinski definition) is 1. The van der Waals surface area contributed by atoms with Crippen LogP contribution in [-0.2, 0) is 6.54 Å². The number of hydrogen-bond acceptors (Lipinski definition) is 3. The van der Waals surface area contributed by atoms with E-state index in [-0.39, 0.29) is 5.91 Å². The molecule has 0 spiro atoms. The maximum Gasteiger partial charge on any atom is 0.266 e. The number of nitrogens with two attached hydrogens (primary N) is 1. The van der Waals surface area contributed by atoms with Crippen LogP contribution in [0.25, 0.3) is 0 Å². The van der Waals surface area contributed by atoms with Crippen LogP contribution in [0.1, 0.15) is 15.2 Å². The van der Waals surface area contributed by atoms with Crippen LogP contribution in [0.15, 0.2) is 35.7 Å². The maximum atomic E-state index is 12.2. The van der Waals surface area contributed by atoms with Gasteiger partial charge in [0.15, 0.2) is 0 Å². The molecule has 0 bridgehead atoms. The van der Waals surface area contributed by atoms with Crippen LogP contribution in [0.5, 0.6) is 0 Å². The van der Waals surface area contributed by atoms with Gasteiger partial charge >= 0.3 is 0 Å². The molecular weight excluding hydrogens is 268 g/mol. The molecule has 0 aliphatic carbocycles. The Labute approximate surface area is 115 Å². The van der Waals surface area contributed by atoms with Gasteiger partial charge in [-0.25, -0.2) is 0 Å². The average molecular weight is 281 g/mol. The highest BCUT2D eigenvalue weighted by molar-refractivity contribution is 7.12. The number of amides is 1. The molecule has 5 heteroatoms. The average Bonchev–Trinajstić information content (AvgIpc) is 2.77. The van der Waals surface area contributed by atoms with Gasteiger partial charge < -0.3 is 10.6 Å². The molecule has 0 saturated carbocycles. The standard InChI is InChI=1S/C13H13ClN2OS/c1-16(8-9-4-2-3-5-10(9)14)13(17)12-11(15)6-7-18-12/h2-7H,8,15H2,1H3. The van der Waals surface area contributed by atoms with Gasteiger partial charge in [0, 0.05) is 18.6 Å². The molecule has 1 heterocycles. The van der Waals surface area contributed by atoms with Crippen molar-refractivity contribution in [2.45, 2.75) is 6.54 Å². The summed E-state index contributed by atoms with van der Waals surface area (Å²) in [6.07, 6.45) is 0. The maximum absolute atomic E-state index is 12.2.